The molecule has 0 aromatic heterocycles. The standard InChI is InChI=1S/C12H15NO6/c1-7(6-18-3)19-11-5-9(12(14)15)4-10(8(11)2)13(16)17/h4-5,7H,6H2,1-3H3,(H,14,15). The van der Waals surface area contributed by atoms with E-state index in [4.69, 9.17) is 14.6 Å². The summed E-state index contributed by atoms with van der Waals surface area (Å²) in [5, 5.41) is 19.8. The smallest absolute Gasteiger partial charge is 0.336 e. The van der Waals surface area contributed by atoms with Crippen LogP contribution in [-0.2, 0) is 4.74 Å². The summed E-state index contributed by atoms with van der Waals surface area (Å²) in [4.78, 5) is 21.2. The van der Waals surface area contributed by atoms with Crippen LogP contribution in [0.5, 0.6) is 5.75 Å². The lowest BCUT2D eigenvalue weighted by Gasteiger charge is -2.16. The predicted octanol–water partition coefficient (Wildman–Crippen LogP) is 2.02. The Kier molecular flexibility index (Phi) is 4.82. The average Bonchev–Trinajstić information content (AvgIpc) is 2.31. The van der Waals surface area contributed by atoms with Crippen molar-refractivity contribution in [2.75, 3.05) is 13.7 Å². The van der Waals surface area contributed by atoms with E-state index in [1.54, 1.807) is 6.92 Å². The maximum Gasteiger partial charge on any atom is 0.336 e. The van der Waals surface area contributed by atoms with Crippen molar-refractivity contribution < 1.29 is 24.3 Å². The molecule has 0 radical (unpaired) electrons. The third-order valence-electron chi connectivity index (χ3n) is 2.51. The van der Waals surface area contributed by atoms with Gasteiger partial charge in [-0.15, -0.1) is 0 Å². The number of hydrogen-bond donors (Lipinski definition) is 1. The molecule has 0 saturated heterocycles. The number of hydrogen-bond acceptors (Lipinski definition) is 5. The molecule has 104 valence electrons. The minimum atomic E-state index is -1.24. The van der Waals surface area contributed by atoms with E-state index >= 15 is 0 Å². The normalized spacial score (nSPS) is 11.9. The van der Waals surface area contributed by atoms with Gasteiger partial charge in [0.05, 0.1) is 22.7 Å². The van der Waals surface area contributed by atoms with Crippen molar-refractivity contribution in [3.05, 3.63) is 33.4 Å². The van der Waals surface area contributed by atoms with Crippen LogP contribution in [0.3, 0.4) is 0 Å². The molecular weight excluding hydrogens is 254 g/mol. The first-order valence-corrected chi connectivity index (χ1v) is 5.54. The molecule has 19 heavy (non-hydrogen) atoms. The summed E-state index contributed by atoms with van der Waals surface area (Å²) in [6.45, 7) is 3.53. The Morgan fingerprint density at radius 3 is 2.63 bits per heavy atom. The number of nitro groups is 1. The number of carboxylic acids is 1. The number of carboxylic acid groups (broad SMARTS) is 1. The quantitative estimate of drug-likeness (QED) is 0.626. The highest BCUT2D eigenvalue weighted by atomic mass is 16.6. The summed E-state index contributed by atoms with van der Waals surface area (Å²) in [6, 6.07) is 2.29. The highest BCUT2D eigenvalue weighted by Gasteiger charge is 2.21. The fraction of sp³-hybridized carbons (Fsp3) is 0.417. The molecule has 1 N–H and O–H groups in total. The van der Waals surface area contributed by atoms with E-state index < -0.39 is 10.9 Å². The van der Waals surface area contributed by atoms with Gasteiger partial charge in [0, 0.05) is 13.2 Å². The molecule has 0 aliphatic carbocycles. The van der Waals surface area contributed by atoms with Crippen LogP contribution in [0.2, 0.25) is 0 Å². The van der Waals surface area contributed by atoms with E-state index in [-0.39, 0.29) is 28.7 Å². The van der Waals surface area contributed by atoms with Crippen molar-refractivity contribution in [1.29, 1.82) is 0 Å². The van der Waals surface area contributed by atoms with Crippen molar-refractivity contribution in [1.82, 2.24) is 0 Å². The summed E-state index contributed by atoms with van der Waals surface area (Å²) in [7, 11) is 1.50. The van der Waals surface area contributed by atoms with E-state index in [9.17, 15) is 14.9 Å². The van der Waals surface area contributed by atoms with Crippen LogP contribution in [0.25, 0.3) is 0 Å². The first-order valence-electron chi connectivity index (χ1n) is 5.54. The Hall–Kier alpha value is -2.15. The van der Waals surface area contributed by atoms with Crippen LogP contribution < -0.4 is 4.74 Å². The third-order valence-corrected chi connectivity index (χ3v) is 2.51. The van der Waals surface area contributed by atoms with Crippen molar-refractivity contribution in [2.24, 2.45) is 0 Å². The Balaban J connectivity index is 3.21. The largest absolute Gasteiger partial charge is 0.488 e. The van der Waals surface area contributed by atoms with Gasteiger partial charge in [-0.3, -0.25) is 10.1 Å². The molecule has 7 heteroatoms. The van der Waals surface area contributed by atoms with Crippen LogP contribution in [0.1, 0.15) is 22.8 Å². The van der Waals surface area contributed by atoms with Gasteiger partial charge in [-0.2, -0.15) is 0 Å². The van der Waals surface area contributed by atoms with E-state index in [1.807, 2.05) is 0 Å². The Morgan fingerprint density at radius 1 is 1.53 bits per heavy atom. The molecule has 7 nitrogen and oxygen atoms in total. The summed E-state index contributed by atoms with van der Waals surface area (Å²) in [5.41, 5.74) is -0.172. The minimum absolute atomic E-state index is 0.177. The average molecular weight is 269 g/mol. The third kappa shape index (κ3) is 3.65. The molecule has 0 aliphatic heterocycles. The first kappa shape index (κ1) is 14.9. The van der Waals surface area contributed by atoms with Crippen molar-refractivity contribution in [3.8, 4) is 5.75 Å². The van der Waals surface area contributed by atoms with Gasteiger partial charge in [-0.1, -0.05) is 0 Å². The Morgan fingerprint density at radius 2 is 2.16 bits per heavy atom. The first-order chi connectivity index (χ1) is 8.86. The molecule has 0 amide bonds. The molecule has 1 atom stereocenters. The fourth-order valence-electron chi connectivity index (χ4n) is 1.59. The molecule has 0 saturated carbocycles. The van der Waals surface area contributed by atoms with Crippen molar-refractivity contribution in [3.63, 3.8) is 0 Å². The molecule has 0 heterocycles. The van der Waals surface area contributed by atoms with Crippen molar-refractivity contribution in [2.45, 2.75) is 20.0 Å². The summed E-state index contributed by atoms with van der Waals surface area (Å²) in [5.74, 6) is -1.07. The molecular formula is C12H15NO6. The van der Waals surface area contributed by atoms with E-state index in [2.05, 4.69) is 0 Å². The minimum Gasteiger partial charge on any atom is -0.488 e. The van der Waals surface area contributed by atoms with Crippen LogP contribution in [0.4, 0.5) is 5.69 Å². The maximum atomic E-state index is 10.9. The predicted molar refractivity (Wildman–Crippen MR) is 66.8 cm³/mol. The lowest BCUT2D eigenvalue weighted by Crippen LogP contribution is -2.19. The van der Waals surface area contributed by atoms with Crippen LogP contribution in [0, 0.1) is 17.0 Å². The van der Waals surface area contributed by atoms with Gasteiger partial charge in [0.15, 0.2) is 0 Å². The SMILES string of the molecule is COCC(C)Oc1cc(C(=O)O)cc([N+](=O)[O-])c1C. The highest BCUT2D eigenvalue weighted by molar-refractivity contribution is 5.89. The summed E-state index contributed by atoms with van der Waals surface area (Å²) < 4.78 is 10.4. The van der Waals surface area contributed by atoms with Gasteiger partial charge in [-0.05, 0) is 19.9 Å². The number of benzene rings is 1. The van der Waals surface area contributed by atoms with Gasteiger partial charge >= 0.3 is 5.97 Å². The lowest BCUT2D eigenvalue weighted by atomic mass is 10.1. The van der Waals surface area contributed by atoms with Gasteiger partial charge in [0.2, 0.25) is 0 Å². The molecule has 0 spiro atoms. The lowest BCUT2D eigenvalue weighted by molar-refractivity contribution is -0.385. The fourth-order valence-corrected chi connectivity index (χ4v) is 1.59. The van der Waals surface area contributed by atoms with Gasteiger partial charge < -0.3 is 14.6 Å². The van der Waals surface area contributed by atoms with Gasteiger partial charge in [0.25, 0.3) is 5.69 Å². The molecule has 1 aromatic rings. The number of aromatic carboxylic acids is 1. The molecule has 0 fully saturated rings. The number of nitrogens with zero attached hydrogens (tertiary/aromatic N) is 1. The zero-order valence-electron chi connectivity index (χ0n) is 10.9. The number of carbonyl (C=O) groups is 1. The second kappa shape index (κ2) is 6.14. The van der Waals surface area contributed by atoms with E-state index in [0.29, 0.717) is 6.61 Å². The maximum absolute atomic E-state index is 10.9. The molecule has 1 rings (SSSR count). The monoisotopic (exact) mass is 269 g/mol. The highest BCUT2D eigenvalue weighted by Crippen LogP contribution is 2.30. The second-order valence-corrected chi connectivity index (χ2v) is 4.06. The summed E-state index contributed by atoms with van der Waals surface area (Å²) in [6.07, 6.45) is -0.340. The molecule has 1 aromatic carbocycles. The van der Waals surface area contributed by atoms with Crippen LogP contribution >= 0.6 is 0 Å². The number of rotatable bonds is 6. The summed E-state index contributed by atoms with van der Waals surface area (Å²) >= 11 is 0. The number of methoxy groups -OCH3 is 1. The van der Waals surface area contributed by atoms with Crippen LogP contribution in [-0.4, -0.2) is 35.8 Å². The Bertz CT molecular complexity index is 499. The molecule has 1 unspecified atom stereocenters. The zero-order chi connectivity index (χ0) is 14.6. The number of nitro benzene ring substituents is 1. The number of ether oxygens (including phenoxy) is 2. The van der Waals surface area contributed by atoms with Gasteiger partial charge in [0.1, 0.15) is 11.9 Å². The molecule has 0 bridgehead atoms. The van der Waals surface area contributed by atoms with Crippen LogP contribution in [0.15, 0.2) is 12.1 Å². The van der Waals surface area contributed by atoms with Crippen molar-refractivity contribution >= 4 is 11.7 Å². The van der Waals surface area contributed by atoms with Gasteiger partial charge in [-0.25, -0.2) is 4.79 Å². The topological polar surface area (TPSA) is 98.9 Å². The Labute approximate surface area is 109 Å². The molecule has 0 aliphatic rings. The second-order valence-electron chi connectivity index (χ2n) is 4.06. The van der Waals surface area contributed by atoms with E-state index in [1.165, 1.54) is 20.1 Å². The zero-order valence-corrected chi connectivity index (χ0v) is 10.9. The van der Waals surface area contributed by atoms with E-state index in [0.717, 1.165) is 6.07 Å².